The fraction of sp³-hybridized carbons (Fsp3) is 0.391. The van der Waals surface area contributed by atoms with Crippen molar-refractivity contribution in [3.63, 3.8) is 0 Å². The Hall–Kier alpha value is -2.85. The van der Waals surface area contributed by atoms with Gasteiger partial charge in [-0.05, 0) is 38.5 Å². The summed E-state index contributed by atoms with van der Waals surface area (Å²) in [5.41, 5.74) is 1.17. The molecule has 1 aliphatic rings. The van der Waals surface area contributed by atoms with Gasteiger partial charge < -0.3 is 19.7 Å². The van der Waals surface area contributed by atoms with Gasteiger partial charge in [0.25, 0.3) is 0 Å². The molecule has 2 aromatic rings. The van der Waals surface area contributed by atoms with Crippen LogP contribution in [0.3, 0.4) is 0 Å². The van der Waals surface area contributed by atoms with Crippen molar-refractivity contribution in [3.8, 4) is 0 Å². The number of fused-ring (bicyclic) bond motifs is 1. The first-order valence-corrected chi connectivity index (χ1v) is 12.3. The van der Waals surface area contributed by atoms with Gasteiger partial charge in [0.15, 0.2) is 0 Å². The van der Waals surface area contributed by atoms with Gasteiger partial charge in [-0.1, -0.05) is 19.1 Å². The van der Waals surface area contributed by atoms with Gasteiger partial charge in [-0.15, -0.1) is 23.1 Å². The number of esters is 2. The molecular weight excluding hydrogens is 464 g/mol. The molecule has 0 saturated carbocycles. The zero-order valence-corrected chi connectivity index (χ0v) is 20.6. The zero-order chi connectivity index (χ0) is 24.1. The van der Waals surface area contributed by atoms with Gasteiger partial charge in [-0.25, -0.2) is 9.59 Å². The van der Waals surface area contributed by atoms with Crippen molar-refractivity contribution in [2.24, 2.45) is 0 Å². The van der Waals surface area contributed by atoms with Gasteiger partial charge >= 0.3 is 11.9 Å². The second-order valence-corrected chi connectivity index (χ2v) is 9.83. The number of thiophene rings is 1. The molecule has 0 spiro atoms. The Morgan fingerprint density at radius 2 is 1.79 bits per heavy atom. The van der Waals surface area contributed by atoms with Crippen LogP contribution in [0.15, 0.2) is 29.2 Å². The summed E-state index contributed by atoms with van der Waals surface area (Å²) in [7, 11) is 0. The van der Waals surface area contributed by atoms with Gasteiger partial charge in [-0.2, -0.15) is 0 Å². The lowest BCUT2D eigenvalue weighted by molar-refractivity contribution is -0.121. The highest BCUT2D eigenvalue weighted by Gasteiger charge is 2.30. The first-order chi connectivity index (χ1) is 15.8. The number of para-hydroxylation sites is 1. The average Bonchev–Trinajstić information content (AvgIpc) is 3.02. The Morgan fingerprint density at radius 3 is 2.48 bits per heavy atom. The van der Waals surface area contributed by atoms with Crippen molar-refractivity contribution < 1.29 is 28.7 Å². The smallest absolute Gasteiger partial charge is 0.348 e. The molecule has 1 N–H and O–H groups in total. The first-order valence-electron chi connectivity index (χ1n) is 10.6. The predicted molar refractivity (Wildman–Crippen MR) is 128 cm³/mol. The maximum atomic E-state index is 13.0. The van der Waals surface area contributed by atoms with E-state index in [1.807, 2.05) is 31.2 Å². The van der Waals surface area contributed by atoms with Crippen LogP contribution in [0.2, 0.25) is 0 Å². The minimum Gasteiger partial charge on any atom is -0.462 e. The second kappa shape index (κ2) is 10.8. The monoisotopic (exact) mass is 490 g/mol. The normalized spacial score (nSPS) is 15.5. The molecule has 33 heavy (non-hydrogen) atoms. The van der Waals surface area contributed by atoms with E-state index in [0.29, 0.717) is 17.7 Å². The standard InChI is InChI=1S/C23H26N2O6S2/c1-5-30-22(28)19-14(4)20(23(29)31-6-2)33-21(19)24-17(26)12-25-15-9-7-8-10-16(15)32-13(3)11-18(25)27/h7-10,13H,5-6,11-12H2,1-4H3,(H,24,26)/t13-/m0/s1. The van der Waals surface area contributed by atoms with Crippen molar-refractivity contribution in [3.05, 3.63) is 40.3 Å². The molecule has 8 nitrogen and oxygen atoms in total. The largest absolute Gasteiger partial charge is 0.462 e. The lowest BCUT2D eigenvalue weighted by Crippen LogP contribution is -2.38. The molecule has 0 radical (unpaired) electrons. The lowest BCUT2D eigenvalue weighted by atomic mass is 10.1. The van der Waals surface area contributed by atoms with Crippen LogP contribution in [0.25, 0.3) is 0 Å². The fourth-order valence-electron chi connectivity index (χ4n) is 3.45. The predicted octanol–water partition coefficient (Wildman–Crippen LogP) is 4.27. The Morgan fingerprint density at radius 1 is 1.12 bits per heavy atom. The number of hydrogen-bond acceptors (Lipinski definition) is 8. The Bertz CT molecular complexity index is 1080. The number of carbonyl (C=O) groups excluding carboxylic acids is 4. The third kappa shape index (κ3) is 5.56. The fourth-order valence-corrected chi connectivity index (χ4v) is 5.67. The molecular formula is C23H26N2O6S2. The summed E-state index contributed by atoms with van der Waals surface area (Å²) in [5.74, 6) is -1.86. The maximum Gasteiger partial charge on any atom is 0.348 e. The minimum atomic E-state index is -0.640. The van der Waals surface area contributed by atoms with Crippen LogP contribution in [0.4, 0.5) is 10.7 Å². The number of hydrogen-bond donors (Lipinski definition) is 1. The molecule has 10 heteroatoms. The van der Waals surface area contributed by atoms with Crippen LogP contribution in [0.1, 0.15) is 52.8 Å². The molecule has 1 aliphatic heterocycles. The molecule has 176 valence electrons. The second-order valence-electron chi connectivity index (χ2n) is 7.33. The van der Waals surface area contributed by atoms with Crippen LogP contribution in [0.5, 0.6) is 0 Å². The molecule has 1 atom stereocenters. The number of nitrogens with zero attached hydrogens (tertiary/aromatic N) is 1. The van der Waals surface area contributed by atoms with E-state index in [9.17, 15) is 19.2 Å². The summed E-state index contributed by atoms with van der Waals surface area (Å²) in [6, 6.07) is 7.45. The van der Waals surface area contributed by atoms with Crippen LogP contribution in [0, 0.1) is 6.92 Å². The molecule has 1 aromatic carbocycles. The van der Waals surface area contributed by atoms with E-state index in [0.717, 1.165) is 16.2 Å². The summed E-state index contributed by atoms with van der Waals surface area (Å²) in [6.45, 7) is 7.04. The number of rotatable bonds is 7. The van der Waals surface area contributed by atoms with Gasteiger partial charge in [0.2, 0.25) is 11.8 Å². The molecule has 0 bridgehead atoms. The third-order valence-electron chi connectivity index (χ3n) is 4.89. The summed E-state index contributed by atoms with van der Waals surface area (Å²) in [4.78, 5) is 53.4. The molecule has 3 rings (SSSR count). The van der Waals surface area contributed by atoms with Crippen LogP contribution < -0.4 is 10.2 Å². The first kappa shape index (κ1) is 24.8. The molecule has 0 saturated heterocycles. The summed E-state index contributed by atoms with van der Waals surface area (Å²) in [5, 5.41) is 2.98. The summed E-state index contributed by atoms with van der Waals surface area (Å²) < 4.78 is 10.2. The highest BCUT2D eigenvalue weighted by molar-refractivity contribution is 8.00. The van der Waals surface area contributed by atoms with Gasteiger partial charge in [-0.3, -0.25) is 9.59 Å². The minimum absolute atomic E-state index is 0.0780. The average molecular weight is 491 g/mol. The lowest BCUT2D eigenvalue weighted by Gasteiger charge is -2.22. The number of thioether (sulfide) groups is 1. The van der Waals surface area contributed by atoms with E-state index in [-0.39, 0.29) is 46.4 Å². The van der Waals surface area contributed by atoms with E-state index in [1.54, 1.807) is 32.5 Å². The van der Waals surface area contributed by atoms with Crippen molar-refractivity contribution in [2.75, 3.05) is 30.0 Å². The topological polar surface area (TPSA) is 102 Å². The number of benzene rings is 1. The molecule has 2 heterocycles. The van der Waals surface area contributed by atoms with E-state index in [2.05, 4.69) is 5.32 Å². The highest BCUT2D eigenvalue weighted by atomic mass is 32.2. The highest BCUT2D eigenvalue weighted by Crippen LogP contribution is 2.38. The van der Waals surface area contributed by atoms with Crippen molar-refractivity contribution in [2.45, 2.75) is 44.3 Å². The van der Waals surface area contributed by atoms with E-state index >= 15 is 0 Å². The maximum absolute atomic E-state index is 13.0. The van der Waals surface area contributed by atoms with Gasteiger partial charge in [0.05, 0.1) is 24.5 Å². The third-order valence-corrected chi connectivity index (χ3v) is 7.24. The van der Waals surface area contributed by atoms with Crippen LogP contribution in [-0.2, 0) is 19.1 Å². The number of amides is 2. The van der Waals surface area contributed by atoms with E-state index in [4.69, 9.17) is 9.47 Å². The van der Waals surface area contributed by atoms with E-state index < -0.39 is 17.8 Å². The summed E-state index contributed by atoms with van der Waals surface area (Å²) in [6.07, 6.45) is 0.297. The quantitative estimate of drug-likeness (QED) is 0.579. The van der Waals surface area contributed by atoms with Crippen LogP contribution in [-0.4, -0.2) is 48.8 Å². The Balaban J connectivity index is 1.89. The molecule has 0 aliphatic carbocycles. The van der Waals surface area contributed by atoms with Crippen molar-refractivity contribution in [1.82, 2.24) is 0 Å². The molecule has 1 aromatic heterocycles. The number of ether oxygens (including phenoxy) is 2. The number of anilines is 2. The SMILES string of the molecule is CCOC(=O)c1sc(NC(=O)CN2C(=O)C[C@H](C)Sc3ccccc32)c(C(=O)OCC)c1C. The van der Waals surface area contributed by atoms with E-state index in [1.165, 1.54) is 4.90 Å². The number of carbonyl (C=O) groups is 4. The van der Waals surface area contributed by atoms with Crippen molar-refractivity contribution >= 4 is 57.5 Å². The zero-order valence-electron chi connectivity index (χ0n) is 18.9. The Kier molecular flexibility index (Phi) is 8.15. The molecule has 0 fully saturated rings. The van der Waals surface area contributed by atoms with Crippen molar-refractivity contribution in [1.29, 1.82) is 0 Å². The van der Waals surface area contributed by atoms with Gasteiger partial charge in [0, 0.05) is 16.6 Å². The number of nitrogens with one attached hydrogen (secondary N) is 1. The Labute approximate surface area is 200 Å². The van der Waals surface area contributed by atoms with Crippen LogP contribution >= 0.6 is 23.1 Å². The van der Waals surface area contributed by atoms with Gasteiger partial charge in [0.1, 0.15) is 16.4 Å². The molecule has 0 unspecified atom stereocenters. The molecule has 2 amide bonds. The summed E-state index contributed by atoms with van der Waals surface area (Å²) >= 11 is 2.55.